The van der Waals surface area contributed by atoms with E-state index in [0.29, 0.717) is 0 Å². The molecule has 1 aromatic rings. The van der Waals surface area contributed by atoms with Crippen LogP contribution in [0, 0.1) is 5.92 Å². The van der Waals surface area contributed by atoms with Gasteiger partial charge in [0.25, 0.3) is 0 Å². The maximum Gasteiger partial charge on any atom is 0.310 e. The summed E-state index contributed by atoms with van der Waals surface area (Å²) in [5.74, 6) is -1.70. The number of ether oxygens (including phenoxy) is 1. The number of hydrogen-bond donors (Lipinski definition) is 0. The number of fused-ring (bicyclic) bond motifs is 1. The quantitative estimate of drug-likeness (QED) is 0.791. The molecule has 0 aliphatic carbocycles. The summed E-state index contributed by atoms with van der Waals surface area (Å²) in [6.07, 6.45) is -0.0168. The standard InChI is InChI=1S/C16H19NO4/c1-10(18)9-12(14(19)21-4)16(2)11-7-5-6-8-13(11)17(3)15(16)20/h5-8,12H,9H2,1-4H3. The van der Waals surface area contributed by atoms with Gasteiger partial charge < -0.3 is 14.4 Å². The highest BCUT2D eigenvalue weighted by Gasteiger charge is 2.54. The van der Waals surface area contributed by atoms with E-state index in [1.54, 1.807) is 14.0 Å². The number of hydrogen-bond acceptors (Lipinski definition) is 4. The predicted molar refractivity (Wildman–Crippen MR) is 78.0 cm³/mol. The number of carbonyl (C=O) groups is 3. The van der Waals surface area contributed by atoms with Crippen molar-refractivity contribution in [1.82, 2.24) is 0 Å². The molecule has 0 saturated carbocycles. The van der Waals surface area contributed by atoms with Gasteiger partial charge >= 0.3 is 5.97 Å². The second-order valence-corrected chi connectivity index (χ2v) is 5.57. The third-order valence-corrected chi connectivity index (χ3v) is 4.25. The van der Waals surface area contributed by atoms with Crippen LogP contribution in [-0.2, 0) is 24.5 Å². The summed E-state index contributed by atoms with van der Waals surface area (Å²) in [5.41, 5.74) is 0.445. The Morgan fingerprint density at radius 2 is 1.95 bits per heavy atom. The molecule has 5 nitrogen and oxygen atoms in total. The second kappa shape index (κ2) is 5.31. The number of amides is 1. The average Bonchev–Trinajstić information content (AvgIpc) is 2.67. The van der Waals surface area contributed by atoms with Crippen LogP contribution in [0.5, 0.6) is 0 Å². The number of nitrogens with zero attached hydrogens (tertiary/aromatic N) is 1. The van der Waals surface area contributed by atoms with Crippen molar-refractivity contribution in [3.05, 3.63) is 29.8 Å². The van der Waals surface area contributed by atoms with Crippen LogP contribution in [0.15, 0.2) is 24.3 Å². The second-order valence-electron chi connectivity index (χ2n) is 5.57. The van der Waals surface area contributed by atoms with E-state index in [0.717, 1.165) is 11.3 Å². The number of benzene rings is 1. The van der Waals surface area contributed by atoms with Crippen LogP contribution < -0.4 is 4.90 Å². The molecule has 1 amide bonds. The first-order valence-corrected chi connectivity index (χ1v) is 6.79. The molecule has 0 radical (unpaired) electrons. The smallest absolute Gasteiger partial charge is 0.310 e. The Kier molecular flexibility index (Phi) is 3.85. The van der Waals surface area contributed by atoms with Gasteiger partial charge in [-0.3, -0.25) is 9.59 Å². The zero-order valence-electron chi connectivity index (χ0n) is 12.7. The van der Waals surface area contributed by atoms with E-state index in [4.69, 9.17) is 4.74 Å². The minimum Gasteiger partial charge on any atom is -0.469 e. The lowest BCUT2D eigenvalue weighted by atomic mass is 9.70. The molecule has 1 heterocycles. The molecule has 2 atom stereocenters. The third kappa shape index (κ3) is 2.22. The number of anilines is 1. The number of methoxy groups -OCH3 is 1. The van der Waals surface area contributed by atoms with Crippen molar-refractivity contribution in [3.63, 3.8) is 0 Å². The number of ketones is 1. The van der Waals surface area contributed by atoms with E-state index in [1.807, 2.05) is 24.3 Å². The summed E-state index contributed by atoms with van der Waals surface area (Å²) in [6, 6.07) is 7.32. The van der Waals surface area contributed by atoms with Gasteiger partial charge in [0.05, 0.1) is 18.4 Å². The van der Waals surface area contributed by atoms with Crippen LogP contribution in [0.3, 0.4) is 0 Å². The molecule has 2 rings (SSSR count). The van der Waals surface area contributed by atoms with Crippen LogP contribution in [0.1, 0.15) is 25.8 Å². The van der Waals surface area contributed by atoms with Gasteiger partial charge in [-0.2, -0.15) is 0 Å². The van der Waals surface area contributed by atoms with E-state index in [-0.39, 0.29) is 18.1 Å². The number of Topliss-reactive ketones (excluding diaryl/α,β-unsaturated/α-hetero) is 1. The molecule has 0 saturated heterocycles. The summed E-state index contributed by atoms with van der Waals surface area (Å²) in [6.45, 7) is 3.12. The fraction of sp³-hybridized carbons (Fsp3) is 0.438. The predicted octanol–water partition coefficient (Wildman–Crippen LogP) is 1.69. The zero-order valence-corrected chi connectivity index (χ0v) is 12.7. The zero-order chi connectivity index (χ0) is 15.8. The number of para-hydroxylation sites is 1. The van der Waals surface area contributed by atoms with Gasteiger partial charge in [0.1, 0.15) is 5.78 Å². The molecule has 0 bridgehead atoms. The number of rotatable bonds is 4. The van der Waals surface area contributed by atoms with Gasteiger partial charge in [-0.25, -0.2) is 0 Å². The molecule has 21 heavy (non-hydrogen) atoms. The minimum absolute atomic E-state index is 0.0168. The summed E-state index contributed by atoms with van der Waals surface area (Å²) < 4.78 is 4.83. The van der Waals surface area contributed by atoms with Crippen molar-refractivity contribution in [2.75, 3.05) is 19.1 Å². The molecule has 1 aliphatic heterocycles. The maximum atomic E-state index is 12.7. The Morgan fingerprint density at radius 1 is 1.33 bits per heavy atom. The van der Waals surface area contributed by atoms with Gasteiger partial charge in [0.2, 0.25) is 5.91 Å². The lowest BCUT2D eigenvalue weighted by Crippen LogP contribution is -2.46. The molecule has 5 heteroatoms. The van der Waals surface area contributed by atoms with E-state index < -0.39 is 17.3 Å². The summed E-state index contributed by atoms with van der Waals surface area (Å²) in [4.78, 5) is 38.0. The lowest BCUT2D eigenvalue weighted by Gasteiger charge is -2.30. The SMILES string of the molecule is COC(=O)C(CC(C)=O)C1(C)C(=O)N(C)c2ccccc21. The van der Waals surface area contributed by atoms with Gasteiger partial charge in [-0.15, -0.1) is 0 Å². The fourth-order valence-electron chi connectivity index (χ4n) is 3.07. The summed E-state index contributed by atoms with van der Waals surface area (Å²) in [7, 11) is 2.95. The molecule has 1 aliphatic rings. The van der Waals surface area contributed by atoms with Crippen LogP contribution in [0.4, 0.5) is 5.69 Å². The van der Waals surface area contributed by atoms with Crippen molar-refractivity contribution in [2.24, 2.45) is 5.92 Å². The van der Waals surface area contributed by atoms with Crippen LogP contribution in [0.2, 0.25) is 0 Å². The van der Waals surface area contributed by atoms with Crippen LogP contribution in [0.25, 0.3) is 0 Å². The van der Waals surface area contributed by atoms with E-state index in [9.17, 15) is 14.4 Å². The molecule has 112 valence electrons. The Labute approximate surface area is 123 Å². The topological polar surface area (TPSA) is 63.7 Å². The first-order valence-electron chi connectivity index (χ1n) is 6.79. The Balaban J connectivity index is 2.59. The number of carbonyl (C=O) groups excluding carboxylic acids is 3. The maximum absolute atomic E-state index is 12.7. The molecule has 0 N–H and O–H groups in total. The molecule has 1 aromatic carbocycles. The lowest BCUT2D eigenvalue weighted by molar-refractivity contribution is -0.152. The highest BCUT2D eigenvalue weighted by molar-refractivity contribution is 6.10. The molecular weight excluding hydrogens is 270 g/mol. The molecule has 0 fully saturated rings. The van der Waals surface area contributed by atoms with Crippen molar-refractivity contribution in [1.29, 1.82) is 0 Å². The number of esters is 1. The highest BCUT2D eigenvalue weighted by atomic mass is 16.5. The van der Waals surface area contributed by atoms with Gasteiger partial charge in [0, 0.05) is 19.2 Å². The molecule has 2 unspecified atom stereocenters. The first kappa shape index (κ1) is 15.2. The van der Waals surface area contributed by atoms with E-state index in [1.165, 1.54) is 18.9 Å². The van der Waals surface area contributed by atoms with Crippen molar-refractivity contribution >= 4 is 23.3 Å². The Hall–Kier alpha value is -2.17. The van der Waals surface area contributed by atoms with E-state index >= 15 is 0 Å². The largest absolute Gasteiger partial charge is 0.469 e. The normalized spacial score (nSPS) is 21.9. The monoisotopic (exact) mass is 289 g/mol. The first-order chi connectivity index (χ1) is 9.83. The fourth-order valence-corrected chi connectivity index (χ4v) is 3.07. The molecular formula is C16H19NO4. The third-order valence-electron chi connectivity index (χ3n) is 4.25. The van der Waals surface area contributed by atoms with Crippen molar-refractivity contribution in [3.8, 4) is 0 Å². The Bertz CT molecular complexity index is 610. The molecule has 0 spiro atoms. The van der Waals surface area contributed by atoms with Crippen molar-refractivity contribution < 1.29 is 19.1 Å². The van der Waals surface area contributed by atoms with Gasteiger partial charge in [0.15, 0.2) is 0 Å². The summed E-state index contributed by atoms with van der Waals surface area (Å²) in [5, 5.41) is 0. The van der Waals surface area contributed by atoms with Gasteiger partial charge in [-0.1, -0.05) is 18.2 Å². The van der Waals surface area contributed by atoms with E-state index in [2.05, 4.69) is 0 Å². The Morgan fingerprint density at radius 3 is 2.52 bits per heavy atom. The van der Waals surface area contributed by atoms with Crippen molar-refractivity contribution in [2.45, 2.75) is 25.7 Å². The van der Waals surface area contributed by atoms with Gasteiger partial charge in [-0.05, 0) is 25.5 Å². The minimum atomic E-state index is -1.08. The van der Waals surface area contributed by atoms with Crippen LogP contribution >= 0.6 is 0 Å². The number of likely N-dealkylation sites (N-methyl/N-ethyl adjacent to an activating group) is 1. The highest BCUT2D eigenvalue weighted by Crippen LogP contribution is 2.46. The molecule has 0 aromatic heterocycles. The summed E-state index contributed by atoms with van der Waals surface area (Å²) >= 11 is 0. The average molecular weight is 289 g/mol. The van der Waals surface area contributed by atoms with Crippen LogP contribution in [-0.4, -0.2) is 31.8 Å².